The third kappa shape index (κ3) is 4.34. The first-order valence-corrected chi connectivity index (χ1v) is 6.28. The van der Waals surface area contributed by atoms with Crippen LogP contribution in [0.1, 0.15) is 25.3 Å². The van der Waals surface area contributed by atoms with Gasteiger partial charge in [0.05, 0.1) is 0 Å². The van der Waals surface area contributed by atoms with Gasteiger partial charge in [0.25, 0.3) is 0 Å². The Labute approximate surface area is 96.7 Å². The maximum Gasteiger partial charge on any atom is 0.0290 e. The largest absolute Gasteiger partial charge is 0.375 e. The Kier molecular flexibility index (Phi) is 5.19. The molecular formula is C13H19NS. The number of rotatable bonds is 6. The fourth-order valence-electron chi connectivity index (χ4n) is 1.23. The minimum Gasteiger partial charge on any atom is -0.375 e. The van der Waals surface area contributed by atoms with Crippen LogP contribution in [0.4, 0.5) is 0 Å². The third-order valence-electron chi connectivity index (χ3n) is 2.35. The van der Waals surface area contributed by atoms with Crippen LogP contribution < -0.4 is 0 Å². The van der Waals surface area contributed by atoms with E-state index in [1.807, 2.05) is 0 Å². The summed E-state index contributed by atoms with van der Waals surface area (Å²) in [6.45, 7) is 7.34. The molecule has 0 unspecified atom stereocenters. The molecule has 0 atom stereocenters. The first-order valence-electron chi connectivity index (χ1n) is 5.34. The molecule has 0 aliphatic rings. The first kappa shape index (κ1) is 12.1. The van der Waals surface area contributed by atoms with Crippen molar-refractivity contribution in [1.29, 1.82) is 0 Å². The molecule has 82 valence electrons. The summed E-state index contributed by atoms with van der Waals surface area (Å²) < 4.78 is 0. The van der Waals surface area contributed by atoms with E-state index in [1.54, 1.807) is 11.3 Å². The van der Waals surface area contributed by atoms with Crippen LogP contribution in [0.5, 0.6) is 0 Å². The summed E-state index contributed by atoms with van der Waals surface area (Å²) >= 11 is 1.72. The molecule has 0 saturated carbocycles. The Bertz CT molecular complexity index is 311. The number of likely N-dealkylation sites (N-methyl/N-ethyl adjacent to an activating group) is 1. The van der Waals surface area contributed by atoms with Gasteiger partial charge in [-0.25, -0.2) is 0 Å². The predicted octanol–water partition coefficient (Wildman–Crippen LogP) is 4.01. The summed E-state index contributed by atoms with van der Waals surface area (Å²) in [6.07, 6.45) is 6.65. The zero-order valence-electron chi connectivity index (χ0n) is 9.57. The average molecular weight is 221 g/mol. The lowest BCUT2D eigenvalue weighted by Crippen LogP contribution is -2.16. The lowest BCUT2D eigenvalue weighted by Gasteiger charge is -2.18. The van der Waals surface area contributed by atoms with Crippen LogP contribution in [0.25, 0.3) is 6.08 Å². The first-order chi connectivity index (χ1) is 7.24. The molecule has 1 nitrogen and oxygen atoms in total. The van der Waals surface area contributed by atoms with Gasteiger partial charge in [-0.05, 0) is 34.9 Å². The van der Waals surface area contributed by atoms with E-state index in [0.29, 0.717) is 0 Å². The van der Waals surface area contributed by atoms with Gasteiger partial charge < -0.3 is 4.90 Å². The normalized spacial score (nSPS) is 10.8. The van der Waals surface area contributed by atoms with Gasteiger partial charge in [-0.2, -0.15) is 11.3 Å². The van der Waals surface area contributed by atoms with Gasteiger partial charge in [0.2, 0.25) is 0 Å². The summed E-state index contributed by atoms with van der Waals surface area (Å²) in [5, 5.41) is 4.22. The van der Waals surface area contributed by atoms with Crippen molar-refractivity contribution in [3.63, 3.8) is 0 Å². The smallest absolute Gasteiger partial charge is 0.0290 e. The molecule has 0 aliphatic carbocycles. The molecule has 0 bridgehead atoms. The highest BCUT2D eigenvalue weighted by Gasteiger charge is 1.96. The van der Waals surface area contributed by atoms with Gasteiger partial charge in [-0.1, -0.05) is 26.0 Å². The summed E-state index contributed by atoms with van der Waals surface area (Å²) in [6, 6.07) is 2.11. The Hall–Kier alpha value is -1.02. The van der Waals surface area contributed by atoms with Crippen LogP contribution in [0, 0.1) is 0 Å². The van der Waals surface area contributed by atoms with Crippen molar-refractivity contribution in [1.82, 2.24) is 4.90 Å². The Morgan fingerprint density at radius 1 is 1.60 bits per heavy atom. The van der Waals surface area contributed by atoms with E-state index >= 15 is 0 Å². The van der Waals surface area contributed by atoms with Gasteiger partial charge in [0, 0.05) is 19.3 Å². The lowest BCUT2D eigenvalue weighted by molar-refractivity contribution is 0.420. The van der Waals surface area contributed by atoms with Gasteiger partial charge >= 0.3 is 0 Å². The number of allylic oxidation sites excluding steroid dienone is 1. The minimum atomic E-state index is 1.08. The molecule has 15 heavy (non-hydrogen) atoms. The molecule has 1 rings (SSSR count). The number of hydrogen-bond donors (Lipinski definition) is 0. The van der Waals surface area contributed by atoms with Crippen LogP contribution in [0.15, 0.2) is 35.2 Å². The molecule has 0 aliphatic heterocycles. The minimum absolute atomic E-state index is 1.08. The topological polar surface area (TPSA) is 3.24 Å². The zero-order chi connectivity index (χ0) is 11.1. The summed E-state index contributed by atoms with van der Waals surface area (Å²) in [7, 11) is 2.09. The Balaban J connectivity index is 2.41. The monoisotopic (exact) mass is 221 g/mol. The standard InChI is InChI=1S/C13H19NS/c1-4-5-9-14(3)12(2)6-7-13-8-10-15-11-13/h6-8,10-11H,2,4-5,9H2,1,3H3/b7-6+. The van der Waals surface area contributed by atoms with Crippen LogP contribution in [0.3, 0.4) is 0 Å². The lowest BCUT2D eigenvalue weighted by atomic mass is 10.2. The number of nitrogens with zero attached hydrogens (tertiary/aromatic N) is 1. The van der Waals surface area contributed by atoms with Crippen molar-refractivity contribution in [3.8, 4) is 0 Å². The van der Waals surface area contributed by atoms with Gasteiger partial charge in [0.1, 0.15) is 0 Å². The summed E-state index contributed by atoms with van der Waals surface area (Å²) in [4.78, 5) is 2.20. The fraction of sp³-hybridized carbons (Fsp3) is 0.385. The quantitative estimate of drug-likeness (QED) is 0.656. The number of hydrogen-bond acceptors (Lipinski definition) is 2. The molecule has 0 saturated heterocycles. The Morgan fingerprint density at radius 2 is 2.40 bits per heavy atom. The number of thiophene rings is 1. The highest BCUT2D eigenvalue weighted by Crippen LogP contribution is 2.10. The highest BCUT2D eigenvalue weighted by atomic mass is 32.1. The second-order valence-corrected chi connectivity index (χ2v) is 4.44. The maximum absolute atomic E-state index is 4.05. The molecular weight excluding hydrogens is 202 g/mol. The van der Waals surface area contributed by atoms with Crippen LogP contribution in [-0.2, 0) is 0 Å². The van der Waals surface area contributed by atoms with Crippen molar-refractivity contribution in [2.24, 2.45) is 0 Å². The third-order valence-corrected chi connectivity index (χ3v) is 3.05. The number of unbranched alkanes of at least 4 members (excludes halogenated alkanes) is 1. The van der Waals surface area contributed by atoms with Gasteiger partial charge in [0.15, 0.2) is 0 Å². The molecule has 0 radical (unpaired) electrons. The SMILES string of the molecule is C=C(/C=C/c1ccsc1)N(C)CCCC. The van der Waals surface area contributed by atoms with Crippen LogP contribution >= 0.6 is 11.3 Å². The van der Waals surface area contributed by atoms with Crippen molar-refractivity contribution < 1.29 is 0 Å². The predicted molar refractivity (Wildman–Crippen MR) is 70.0 cm³/mol. The molecule has 0 aromatic carbocycles. The molecule has 0 spiro atoms. The summed E-state index contributed by atoms with van der Waals surface area (Å²) in [5.41, 5.74) is 2.33. The molecule has 1 aromatic heterocycles. The van der Waals surface area contributed by atoms with E-state index in [9.17, 15) is 0 Å². The molecule has 0 N–H and O–H groups in total. The van der Waals surface area contributed by atoms with E-state index in [-0.39, 0.29) is 0 Å². The molecule has 0 fully saturated rings. The van der Waals surface area contributed by atoms with E-state index < -0.39 is 0 Å². The second kappa shape index (κ2) is 6.46. The highest BCUT2D eigenvalue weighted by molar-refractivity contribution is 7.08. The fourth-order valence-corrected chi connectivity index (χ4v) is 1.86. The average Bonchev–Trinajstić information content (AvgIpc) is 2.75. The Morgan fingerprint density at radius 3 is 3.00 bits per heavy atom. The summed E-state index contributed by atoms with van der Waals surface area (Å²) in [5.74, 6) is 0. The van der Waals surface area contributed by atoms with E-state index in [2.05, 4.69) is 54.4 Å². The van der Waals surface area contributed by atoms with Crippen molar-refractivity contribution in [2.75, 3.05) is 13.6 Å². The molecule has 1 aromatic rings. The van der Waals surface area contributed by atoms with Crippen molar-refractivity contribution >= 4 is 17.4 Å². The van der Waals surface area contributed by atoms with Gasteiger partial charge in [-0.3, -0.25) is 0 Å². The van der Waals surface area contributed by atoms with Gasteiger partial charge in [-0.15, -0.1) is 0 Å². The molecule has 1 heterocycles. The van der Waals surface area contributed by atoms with Crippen molar-refractivity contribution in [3.05, 3.63) is 40.7 Å². The van der Waals surface area contributed by atoms with E-state index in [1.165, 1.54) is 18.4 Å². The zero-order valence-corrected chi connectivity index (χ0v) is 10.4. The molecule has 0 amide bonds. The van der Waals surface area contributed by atoms with Crippen molar-refractivity contribution in [2.45, 2.75) is 19.8 Å². The molecule has 2 heteroatoms. The maximum atomic E-state index is 4.05. The second-order valence-electron chi connectivity index (χ2n) is 3.66. The van der Waals surface area contributed by atoms with E-state index in [4.69, 9.17) is 0 Å². The van der Waals surface area contributed by atoms with Crippen LogP contribution in [0.2, 0.25) is 0 Å². The van der Waals surface area contributed by atoms with E-state index in [0.717, 1.165) is 12.2 Å². The van der Waals surface area contributed by atoms with Crippen LogP contribution in [-0.4, -0.2) is 18.5 Å².